The fraction of sp³-hybridized carbons (Fsp3) is 0. The van der Waals surface area contributed by atoms with E-state index in [1.54, 1.807) is 0 Å². The maximum atomic E-state index is 6.33. The van der Waals surface area contributed by atoms with Crippen LogP contribution < -0.4 is 4.74 Å². The molecule has 7 aromatic carbocycles. The number of nitrogens with zero attached hydrogens (tertiary/aromatic N) is 2. The zero-order valence-electron chi connectivity index (χ0n) is 25.7. The Bertz CT molecular complexity index is 2690. The summed E-state index contributed by atoms with van der Waals surface area (Å²) in [5, 5.41) is 4.55. The third-order valence-electron chi connectivity index (χ3n) is 9.30. The van der Waals surface area contributed by atoms with Crippen molar-refractivity contribution in [3.05, 3.63) is 158 Å². The Morgan fingerprint density at radius 3 is 1.98 bits per heavy atom. The third-order valence-corrected chi connectivity index (χ3v) is 9.30. The van der Waals surface area contributed by atoms with Gasteiger partial charge in [-0.25, -0.2) is 9.97 Å². The van der Waals surface area contributed by atoms with Crippen LogP contribution in [0.5, 0.6) is 11.5 Å². The lowest BCUT2D eigenvalue weighted by Gasteiger charge is -2.22. The summed E-state index contributed by atoms with van der Waals surface area (Å²) in [6.45, 7) is 0. The minimum atomic E-state index is 0.682. The summed E-state index contributed by atoms with van der Waals surface area (Å²) < 4.78 is 12.5. The molecule has 4 heteroatoms. The summed E-state index contributed by atoms with van der Waals surface area (Å²) in [4.78, 5) is 10.1. The molecule has 224 valence electrons. The number of hydrogen-bond donors (Lipinski definition) is 0. The highest BCUT2D eigenvalue weighted by Gasteiger charge is 2.20. The number of furan rings is 1. The highest BCUT2D eigenvalue weighted by molar-refractivity contribution is 6.06. The first kappa shape index (κ1) is 26.7. The topological polar surface area (TPSA) is 48.2 Å². The van der Waals surface area contributed by atoms with E-state index in [1.807, 2.05) is 60.7 Å². The molecule has 0 N–H and O–H groups in total. The molecule has 1 aliphatic rings. The van der Waals surface area contributed by atoms with Crippen LogP contribution in [0.25, 0.3) is 88.9 Å². The van der Waals surface area contributed by atoms with Crippen LogP contribution in [0.1, 0.15) is 0 Å². The average Bonchev–Trinajstić information content (AvgIpc) is 3.53. The van der Waals surface area contributed by atoms with E-state index in [0.29, 0.717) is 5.82 Å². The Kier molecular flexibility index (Phi) is 5.84. The highest BCUT2D eigenvalue weighted by atomic mass is 16.5. The van der Waals surface area contributed by atoms with Crippen LogP contribution in [-0.2, 0) is 0 Å². The predicted molar refractivity (Wildman–Crippen MR) is 194 cm³/mol. The van der Waals surface area contributed by atoms with Crippen LogP contribution in [0.4, 0.5) is 0 Å². The molecule has 0 radical (unpaired) electrons. The largest absolute Gasteiger partial charge is 0.456 e. The lowest BCUT2D eigenvalue weighted by molar-refractivity contribution is 0.487. The van der Waals surface area contributed by atoms with Gasteiger partial charge in [0.15, 0.2) is 5.82 Å². The molecule has 2 aromatic heterocycles. The molecular formula is C44H26N2O2. The van der Waals surface area contributed by atoms with Gasteiger partial charge in [-0.05, 0) is 64.5 Å². The molecule has 10 rings (SSSR count). The molecule has 0 fully saturated rings. The van der Waals surface area contributed by atoms with E-state index in [9.17, 15) is 0 Å². The number of hydrogen-bond acceptors (Lipinski definition) is 4. The molecule has 0 aliphatic carbocycles. The zero-order valence-corrected chi connectivity index (χ0v) is 25.7. The fourth-order valence-corrected chi connectivity index (χ4v) is 6.92. The van der Waals surface area contributed by atoms with Crippen molar-refractivity contribution in [3.8, 4) is 67.7 Å². The van der Waals surface area contributed by atoms with Crippen molar-refractivity contribution in [2.24, 2.45) is 0 Å². The molecule has 0 unspecified atom stereocenters. The van der Waals surface area contributed by atoms with Gasteiger partial charge in [0.1, 0.15) is 22.7 Å². The first-order chi connectivity index (χ1) is 23.7. The maximum Gasteiger partial charge on any atom is 0.160 e. The van der Waals surface area contributed by atoms with Gasteiger partial charge in [-0.3, -0.25) is 0 Å². The van der Waals surface area contributed by atoms with Crippen LogP contribution in [0.2, 0.25) is 0 Å². The van der Waals surface area contributed by atoms with Crippen molar-refractivity contribution in [2.45, 2.75) is 0 Å². The minimum Gasteiger partial charge on any atom is -0.456 e. The van der Waals surface area contributed by atoms with Gasteiger partial charge < -0.3 is 9.15 Å². The molecule has 0 saturated heterocycles. The fourth-order valence-electron chi connectivity index (χ4n) is 6.92. The second kappa shape index (κ2) is 10.5. The molecule has 0 bridgehead atoms. The van der Waals surface area contributed by atoms with Crippen molar-refractivity contribution in [1.82, 2.24) is 9.97 Å². The monoisotopic (exact) mass is 614 g/mol. The van der Waals surface area contributed by atoms with Crippen LogP contribution >= 0.6 is 0 Å². The molecule has 1 aliphatic heterocycles. The predicted octanol–water partition coefficient (Wildman–Crippen LogP) is 12.0. The third kappa shape index (κ3) is 4.31. The molecule has 0 saturated carbocycles. The van der Waals surface area contributed by atoms with E-state index in [1.165, 1.54) is 10.9 Å². The van der Waals surface area contributed by atoms with Crippen molar-refractivity contribution >= 4 is 32.7 Å². The van der Waals surface area contributed by atoms with Gasteiger partial charge >= 0.3 is 0 Å². The van der Waals surface area contributed by atoms with Gasteiger partial charge in [0, 0.05) is 38.4 Å². The molecule has 0 amide bonds. The number of ether oxygens (including phenoxy) is 1. The number of para-hydroxylation sites is 1. The smallest absolute Gasteiger partial charge is 0.160 e. The van der Waals surface area contributed by atoms with E-state index >= 15 is 0 Å². The first-order valence-electron chi connectivity index (χ1n) is 16.1. The van der Waals surface area contributed by atoms with E-state index in [2.05, 4.69) is 97.1 Å². The van der Waals surface area contributed by atoms with Gasteiger partial charge in [-0.15, -0.1) is 0 Å². The number of fused-ring (bicyclic) bond motifs is 5. The Morgan fingerprint density at radius 2 is 1.10 bits per heavy atom. The van der Waals surface area contributed by atoms with Crippen LogP contribution in [0.15, 0.2) is 162 Å². The van der Waals surface area contributed by atoms with Crippen LogP contribution in [0.3, 0.4) is 0 Å². The van der Waals surface area contributed by atoms with Crippen molar-refractivity contribution in [2.75, 3.05) is 0 Å². The van der Waals surface area contributed by atoms with Crippen LogP contribution in [-0.4, -0.2) is 9.97 Å². The summed E-state index contributed by atoms with van der Waals surface area (Å²) in [6.07, 6.45) is 0. The normalized spacial score (nSPS) is 11.9. The summed E-state index contributed by atoms with van der Waals surface area (Å²) in [7, 11) is 0. The second-order valence-corrected chi connectivity index (χ2v) is 12.2. The van der Waals surface area contributed by atoms with E-state index < -0.39 is 0 Å². The second-order valence-electron chi connectivity index (χ2n) is 12.2. The average molecular weight is 615 g/mol. The zero-order chi connectivity index (χ0) is 31.6. The minimum absolute atomic E-state index is 0.682. The van der Waals surface area contributed by atoms with E-state index in [-0.39, 0.29) is 0 Å². The first-order valence-corrected chi connectivity index (χ1v) is 16.1. The molecule has 48 heavy (non-hydrogen) atoms. The Balaban J connectivity index is 1.05. The molecule has 9 aromatic rings. The van der Waals surface area contributed by atoms with Gasteiger partial charge in [0.2, 0.25) is 0 Å². The molecule has 3 heterocycles. The summed E-state index contributed by atoms with van der Waals surface area (Å²) in [6, 6.07) is 54.4. The quantitative estimate of drug-likeness (QED) is 0.198. The Labute approximate surface area is 276 Å². The highest BCUT2D eigenvalue weighted by Crippen LogP contribution is 2.47. The van der Waals surface area contributed by atoms with Crippen molar-refractivity contribution in [3.63, 3.8) is 0 Å². The van der Waals surface area contributed by atoms with E-state index in [0.717, 1.165) is 83.6 Å². The van der Waals surface area contributed by atoms with Gasteiger partial charge in [0.05, 0.1) is 11.4 Å². The number of rotatable bonds is 4. The van der Waals surface area contributed by atoms with Gasteiger partial charge in [-0.2, -0.15) is 0 Å². The summed E-state index contributed by atoms with van der Waals surface area (Å²) in [5.41, 5.74) is 11.0. The van der Waals surface area contributed by atoms with Crippen molar-refractivity contribution < 1.29 is 9.15 Å². The SMILES string of the molecule is c1ccc(-c2nc(-c3ccc(-c4ccc5c(c4)-c4cccc6cccc(c46)O5)cc3)cc(-c3ccc4c(c3)oc3ccccc34)n2)cc1. The Morgan fingerprint density at radius 1 is 0.396 bits per heavy atom. The number of benzene rings is 7. The molecule has 0 atom stereocenters. The van der Waals surface area contributed by atoms with Crippen LogP contribution in [0, 0.1) is 0 Å². The standard InChI is InChI=1S/C44H26N2O2/c1-2-8-30(9-3-1)44-45-37(26-38(46-44)32-20-22-34-33-12-4-5-14-39(33)48-42(34)25-32)28-18-16-27(17-19-28)31-21-23-40-36(24-31)35-13-6-10-29-11-7-15-41(47-40)43(29)35/h1-26H. The lowest BCUT2D eigenvalue weighted by atomic mass is 9.92. The van der Waals surface area contributed by atoms with Crippen molar-refractivity contribution in [1.29, 1.82) is 0 Å². The molecular weight excluding hydrogens is 588 g/mol. The van der Waals surface area contributed by atoms with Gasteiger partial charge in [-0.1, -0.05) is 115 Å². The summed E-state index contributed by atoms with van der Waals surface area (Å²) in [5.74, 6) is 2.47. The lowest BCUT2D eigenvalue weighted by Crippen LogP contribution is -1.97. The van der Waals surface area contributed by atoms with E-state index in [4.69, 9.17) is 19.1 Å². The molecule has 4 nitrogen and oxygen atoms in total. The van der Waals surface area contributed by atoms with Gasteiger partial charge in [0.25, 0.3) is 0 Å². The summed E-state index contributed by atoms with van der Waals surface area (Å²) >= 11 is 0. The molecule has 0 spiro atoms. The number of aromatic nitrogens is 2. The Hall–Kier alpha value is -6.52. The maximum absolute atomic E-state index is 6.33.